The van der Waals surface area contributed by atoms with E-state index in [4.69, 9.17) is 9.47 Å². The molecule has 4 saturated carbocycles. The molecule has 0 radical (unpaired) electrons. The number of carbonyl (C=O) groups excluding carboxylic acids is 1. The lowest BCUT2D eigenvalue weighted by atomic mass is 9.35. The summed E-state index contributed by atoms with van der Waals surface area (Å²) in [5.74, 6) is -4.47. The van der Waals surface area contributed by atoms with Gasteiger partial charge >= 0.3 is 0 Å². The van der Waals surface area contributed by atoms with Crippen LogP contribution in [-0.2, 0) is 19.6 Å². The van der Waals surface area contributed by atoms with Crippen LogP contribution >= 0.6 is 0 Å². The highest BCUT2D eigenvalue weighted by Crippen LogP contribution is 2.76. The maximum atomic E-state index is 14.3. The van der Waals surface area contributed by atoms with Crippen molar-refractivity contribution in [2.45, 2.75) is 74.9 Å². The topological polar surface area (TPSA) is 163 Å². The molecule has 2 aliphatic heterocycles. The largest absolute Gasteiger partial charge is 0.497 e. The number of nitrogens with one attached hydrogen (secondary N) is 1. The summed E-state index contributed by atoms with van der Waals surface area (Å²) in [5, 5.41) is 46.9. The third kappa shape index (κ3) is 3.29. The highest BCUT2D eigenvalue weighted by molar-refractivity contribution is 7.89. The van der Waals surface area contributed by atoms with Gasteiger partial charge in [-0.2, -0.15) is 0 Å². The number of carbonyl (C=O) groups is 1. The summed E-state index contributed by atoms with van der Waals surface area (Å²) in [6.45, 7) is 4.00. The van der Waals surface area contributed by atoms with Gasteiger partial charge in [-0.25, -0.2) is 13.1 Å². The number of aliphatic hydroxyl groups is 4. The molecular weight excluding hydrogens is 526 g/mol. The lowest BCUT2D eigenvalue weighted by Gasteiger charge is -2.74. The predicted molar refractivity (Wildman–Crippen MR) is 138 cm³/mol. The van der Waals surface area contributed by atoms with E-state index < -0.39 is 79.8 Å². The van der Waals surface area contributed by atoms with E-state index in [9.17, 15) is 33.6 Å². The number of sulfonamides is 1. The van der Waals surface area contributed by atoms with Crippen molar-refractivity contribution in [1.82, 2.24) is 4.72 Å². The Morgan fingerprint density at radius 3 is 2.44 bits per heavy atom. The van der Waals surface area contributed by atoms with Gasteiger partial charge in [0.25, 0.3) is 0 Å². The normalized spacial score (nSPS) is 46.0. The molecule has 1 aromatic carbocycles. The average Bonchev–Trinajstić information content (AvgIpc) is 3.00. The first kappa shape index (κ1) is 27.6. The second-order valence-electron chi connectivity index (χ2n) is 13.0. The van der Waals surface area contributed by atoms with Crippen molar-refractivity contribution in [2.75, 3.05) is 20.3 Å². The van der Waals surface area contributed by atoms with Gasteiger partial charge in [0.05, 0.1) is 30.8 Å². The summed E-state index contributed by atoms with van der Waals surface area (Å²) < 4.78 is 39.3. The van der Waals surface area contributed by atoms with E-state index in [2.05, 4.69) is 4.72 Å². The molecule has 4 aliphatic carbocycles. The number of benzene rings is 1. The van der Waals surface area contributed by atoms with Crippen LogP contribution in [0.1, 0.15) is 46.0 Å². The summed E-state index contributed by atoms with van der Waals surface area (Å²) in [6.07, 6.45) is -1.31. The van der Waals surface area contributed by atoms with Gasteiger partial charge in [-0.05, 0) is 73.6 Å². The fourth-order valence-electron chi connectivity index (χ4n) is 9.63. The second-order valence-corrected chi connectivity index (χ2v) is 14.8. The summed E-state index contributed by atoms with van der Waals surface area (Å²) >= 11 is 0. The standard InChI is InChI=1S/C28H39NO9S/c1-25(2)12-10-20(30)26-14-38-28(34,24(33)21(25)26)27-19(26)9-8-17(22(27)31)18(23(27)32)11-13-29-39(35,36)16-6-4-15(37-3)5-7-16/h4-7,17-22,24,29-31,33-34H,8-14H2,1-3H3/t17-,18-,19-,20-,21+,22+,24-,26+,27+,28+/m0/s1. The number of hydrogen-bond donors (Lipinski definition) is 5. The summed E-state index contributed by atoms with van der Waals surface area (Å²) in [5.41, 5.74) is -3.17. The molecule has 0 aromatic heterocycles. The Morgan fingerprint density at radius 1 is 1.08 bits per heavy atom. The number of fused-ring (bicyclic) bond motifs is 2. The first-order valence-electron chi connectivity index (χ1n) is 13.9. The van der Waals surface area contributed by atoms with Crippen molar-refractivity contribution in [1.29, 1.82) is 0 Å². The summed E-state index contributed by atoms with van der Waals surface area (Å²) in [4.78, 5) is 14.4. The molecule has 0 unspecified atom stereocenters. The maximum absolute atomic E-state index is 14.3. The van der Waals surface area contributed by atoms with E-state index >= 15 is 0 Å². The minimum Gasteiger partial charge on any atom is -0.497 e. The van der Waals surface area contributed by atoms with Gasteiger partial charge in [-0.3, -0.25) is 4.79 Å². The van der Waals surface area contributed by atoms with E-state index in [-0.39, 0.29) is 24.5 Å². The molecule has 6 aliphatic rings. The van der Waals surface area contributed by atoms with Crippen molar-refractivity contribution in [2.24, 2.45) is 39.9 Å². The summed E-state index contributed by atoms with van der Waals surface area (Å²) in [6, 6.07) is 5.96. The smallest absolute Gasteiger partial charge is 0.240 e. The molecule has 6 fully saturated rings. The van der Waals surface area contributed by atoms with Crippen molar-refractivity contribution >= 4 is 15.8 Å². The molecule has 2 heterocycles. The van der Waals surface area contributed by atoms with Crippen LogP contribution in [0.4, 0.5) is 0 Å². The van der Waals surface area contributed by atoms with E-state index in [1.165, 1.54) is 19.2 Å². The Balaban J connectivity index is 1.30. The monoisotopic (exact) mass is 565 g/mol. The molecule has 216 valence electrons. The number of methoxy groups -OCH3 is 1. The minimum atomic E-state index is -3.85. The molecule has 2 saturated heterocycles. The molecule has 0 amide bonds. The molecule has 1 aromatic rings. The molecule has 4 bridgehead atoms. The van der Waals surface area contributed by atoms with E-state index in [0.717, 1.165) is 0 Å². The molecule has 2 spiro atoms. The van der Waals surface area contributed by atoms with Crippen molar-refractivity contribution < 1.29 is 43.1 Å². The fraction of sp³-hybridized carbons (Fsp3) is 0.750. The Kier molecular flexibility index (Phi) is 6.15. The maximum Gasteiger partial charge on any atom is 0.240 e. The van der Waals surface area contributed by atoms with Gasteiger partial charge in [-0.1, -0.05) is 13.8 Å². The molecule has 7 rings (SSSR count). The van der Waals surface area contributed by atoms with E-state index in [1.54, 1.807) is 12.1 Å². The number of hydrogen-bond acceptors (Lipinski definition) is 9. The highest BCUT2D eigenvalue weighted by atomic mass is 32.2. The van der Waals surface area contributed by atoms with E-state index in [0.29, 0.717) is 31.4 Å². The number of aliphatic hydroxyl groups excluding tert-OH is 3. The zero-order valence-electron chi connectivity index (χ0n) is 22.5. The SMILES string of the molecule is COc1ccc(S(=O)(=O)NCC[C@@H]2C(=O)[C@]34[C@H](O)[C@H]2CC[C@H]3[C@@]23CO[C@]4(O)[C@@H](O)[C@@H]2C(C)(C)CC[C@@H]3O)cc1. The van der Waals surface area contributed by atoms with Crippen LogP contribution < -0.4 is 9.46 Å². The number of Topliss-reactive ketones (excluding diaryl/α,β-unsaturated/α-hetero) is 1. The van der Waals surface area contributed by atoms with Crippen LogP contribution in [0.25, 0.3) is 0 Å². The molecule has 11 heteroatoms. The quantitative estimate of drug-likeness (QED) is 0.336. The third-order valence-corrected chi connectivity index (χ3v) is 12.7. The number of ether oxygens (including phenoxy) is 2. The average molecular weight is 566 g/mol. The second kappa shape index (κ2) is 8.70. The molecular formula is C28H39NO9S. The van der Waals surface area contributed by atoms with Crippen LogP contribution in [0.5, 0.6) is 5.75 Å². The first-order valence-corrected chi connectivity index (χ1v) is 15.4. The molecule has 39 heavy (non-hydrogen) atoms. The first-order chi connectivity index (χ1) is 18.3. The Morgan fingerprint density at radius 2 is 1.77 bits per heavy atom. The van der Waals surface area contributed by atoms with Crippen molar-refractivity contribution in [3.63, 3.8) is 0 Å². The van der Waals surface area contributed by atoms with Crippen LogP contribution in [0.15, 0.2) is 29.2 Å². The van der Waals surface area contributed by atoms with Gasteiger partial charge in [0.15, 0.2) is 5.78 Å². The van der Waals surface area contributed by atoms with E-state index in [1.807, 2.05) is 13.8 Å². The molecule has 5 N–H and O–H groups in total. The zero-order chi connectivity index (χ0) is 28.2. The van der Waals surface area contributed by atoms with Gasteiger partial charge < -0.3 is 29.9 Å². The lowest BCUT2D eigenvalue weighted by Crippen LogP contribution is -2.85. The van der Waals surface area contributed by atoms with Crippen molar-refractivity contribution in [3.8, 4) is 5.75 Å². The van der Waals surface area contributed by atoms with Crippen LogP contribution in [0.2, 0.25) is 0 Å². The molecule has 10 atom stereocenters. The fourth-order valence-corrected chi connectivity index (χ4v) is 10.7. The van der Waals surface area contributed by atoms with Crippen molar-refractivity contribution in [3.05, 3.63) is 24.3 Å². The molecule has 10 nitrogen and oxygen atoms in total. The zero-order valence-corrected chi connectivity index (χ0v) is 23.4. The van der Waals surface area contributed by atoms with Crippen LogP contribution in [-0.4, -0.2) is 79.0 Å². The number of ketones is 1. The predicted octanol–water partition coefficient (Wildman–Crippen LogP) is 0.813. The van der Waals surface area contributed by atoms with Gasteiger partial charge in [0.1, 0.15) is 17.3 Å². The summed E-state index contributed by atoms with van der Waals surface area (Å²) in [7, 11) is -2.36. The van der Waals surface area contributed by atoms with Gasteiger partial charge in [0.2, 0.25) is 15.8 Å². The van der Waals surface area contributed by atoms with Crippen LogP contribution in [0.3, 0.4) is 0 Å². The highest BCUT2D eigenvalue weighted by Gasteiger charge is 2.87. The van der Waals surface area contributed by atoms with Crippen LogP contribution in [0, 0.1) is 39.9 Å². The Labute approximate surface area is 228 Å². The van der Waals surface area contributed by atoms with Gasteiger partial charge in [-0.15, -0.1) is 0 Å². The minimum absolute atomic E-state index is 0.0131. The Bertz CT molecular complexity index is 1270. The lowest BCUT2D eigenvalue weighted by molar-refractivity contribution is -0.458. The Hall–Kier alpha value is -1.60. The third-order valence-electron chi connectivity index (χ3n) is 11.2. The number of rotatable bonds is 6. The van der Waals surface area contributed by atoms with Gasteiger partial charge in [0, 0.05) is 23.8 Å².